The molecule has 15 rings (SSSR count). The number of imidazole rings is 4. The average Bonchev–Trinajstić information content (AvgIpc) is 1.63. The molecular formula is C84H101F12N25O20. The fraction of sp³-hybridized carbons (Fsp3) is 0.524. The number of primary amides is 1. The zero-order chi connectivity index (χ0) is 105. The van der Waals surface area contributed by atoms with Crippen LogP contribution in [0.3, 0.4) is 0 Å². The maximum atomic E-state index is 13.4. The number of carbonyl (C=O) groups excluding carboxylic acids is 2. The molecule has 2 atom stereocenters. The van der Waals surface area contributed by atoms with Crippen molar-refractivity contribution in [2.24, 2.45) is 33.9 Å². The maximum Gasteiger partial charge on any atom is 0.490 e. The van der Waals surface area contributed by atoms with Crippen LogP contribution in [0.15, 0.2) is 68.7 Å². The first-order valence-electron chi connectivity index (χ1n) is 42.9. The van der Waals surface area contributed by atoms with Gasteiger partial charge in [-0.1, -0.05) is 54.0 Å². The van der Waals surface area contributed by atoms with Crippen LogP contribution < -0.4 is 91.6 Å². The van der Waals surface area contributed by atoms with Crippen molar-refractivity contribution in [1.29, 1.82) is 0 Å². The number of esters is 1. The molecule has 13 heterocycles. The van der Waals surface area contributed by atoms with E-state index in [0.29, 0.717) is 98.2 Å². The van der Waals surface area contributed by atoms with E-state index in [2.05, 4.69) is 88.3 Å². The number of carboxylic acid groups (broad SMARTS) is 4. The number of hydrogen-bond acceptors (Lipinski definition) is 28. The number of halogens is 12. The van der Waals surface area contributed by atoms with E-state index in [1.165, 1.54) is 37.4 Å². The standard InChI is InChI=1S/C23H26N6O4.C19H26N6O3.C18H24N6O2.C16H21N7O3.4C2HF3O2/c1-4-5-13-28-18-19(25-22(28)27-14-11-24-12-15-27)29(23(32)26(2)20(18)30)17(21(31)33-3)16-9-7-6-8-10-16;1-3-4-9-24-15-16(21-18(24)23-10-7-20-8-11-23)25(13-14-6-5-12-28-14)19(27)22(2)17(15)26;1-3-4-10-23-14-15(20-17(23)22-11-8-19-9-12-22)24(13-6-5-7-13)18(26)21(2)16(14)25;1-3-4-7-22-12-13(19-15(22)21-8-5-18-6-9-21)23(10-11(17)24)16(26)20(2)14(12)25;4*3-2(4,5)1(6)7/h6-10,17,24H,11-15H2,1-3H3;14,20H,5-13H2,1-2H3;13,19H,5-12H2,1-2H3;18H,5-10H2,1-2H3,(H2,17,24);4*(H,6,7). The highest BCUT2D eigenvalue weighted by atomic mass is 19.4. The van der Waals surface area contributed by atoms with Crippen LogP contribution in [0.4, 0.5) is 76.5 Å². The van der Waals surface area contributed by atoms with Crippen molar-refractivity contribution in [3.05, 3.63) is 119 Å². The second kappa shape index (κ2) is 49.1. The van der Waals surface area contributed by atoms with Crippen LogP contribution in [-0.2, 0) is 106 Å². The lowest BCUT2D eigenvalue weighted by Crippen LogP contribution is -2.44. The molecule has 6 fully saturated rings. The fourth-order valence-corrected chi connectivity index (χ4v) is 14.8. The van der Waals surface area contributed by atoms with Gasteiger partial charge in [0.1, 0.15) is 6.54 Å². The molecule has 10 N–H and O–H groups in total. The highest BCUT2D eigenvalue weighted by Crippen LogP contribution is 2.34. The summed E-state index contributed by atoms with van der Waals surface area (Å²) >= 11 is 0. The van der Waals surface area contributed by atoms with Crippen molar-refractivity contribution < 1.29 is 111 Å². The number of nitrogens with zero attached hydrogens (tertiary/aromatic N) is 20. The lowest BCUT2D eigenvalue weighted by Gasteiger charge is -2.28. The highest BCUT2D eigenvalue weighted by Gasteiger charge is 2.42. The van der Waals surface area contributed by atoms with E-state index in [9.17, 15) is 101 Å². The lowest BCUT2D eigenvalue weighted by molar-refractivity contribution is -0.193. The number of aromatic nitrogens is 16. The normalized spacial score (nSPS) is 15.5. The van der Waals surface area contributed by atoms with Gasteiger partial charge in [-0.3, -0.25) is 78.8 Å². The van der Waals surface area contributed by atoms with Crippen LogP contribution in [0.25, 0.3) is 44.7 Å². The number of carboxylic acids is 4. The molecule has 57 heteroatoms. The summed E-state index contributed by atoms with van der Waals surface area (Å²) < 4.78 is 155. The van der Waals surface area contributed by atoms with Gasteiger partial charge in [-0.2, -0.15) is 72.6 Å². The van der Waals surface area contributed by atoms with E-state index < -0.39 is 89.0 Å². The number of alkyl halides is 12. The van der Waals surface area contributed by atoms with E-state index in [0.717, 1.165) is 135 Å². The SMILES string of the molecule is CC#CCn1c(N2CCNCC2)nc2c1c(=O)n(C)c(=O)n2C(C(=O)OC)c1ccccc1.CC#CCn1c(N2CCNCC2)nc2c1c(=O)n(C)c(=O)n2C1CCC1.CC#CCn1c(N2CCNCC2)nc2c1c(=O)n(C)c(=O)n2CC(N)=O.CC#CCn1c(N2CCNCC2)nc2c1c(=O)n(C)c(=O)n2CC1CCCO1.O=C(O)C(F)(F)F.O=C(O)C(F)(F)F.O=C(O)C(F)(F)F.O=C(O)C(F)(F)F. The molecule has 5 aliphatic heterocycles. The van der Waals surface area contributed by atoms with Gasteiger partial charge in [0.25, 0.3) is 22.2 Å². The second-order valence-corrected chi connectivity index (χ2v) is 31.1. The summed E-state index contributed by atoms with van der Waals surface area (Å²) in [5.74, 6) is 13.7. The maximum absolute atomic E-state index is 13.4. The van der Waals surface area contributed by atoms with Gasteiger partial charge >= 0.3 is 77.3 Å². The molecule has 141 heavy (non-hydrogen) atoms. The summed E-state index contributed by atoms with van der Waals surface area (Å²) in [5, 5.41) is 41.7. The predicted octanol–water partition coefficient (Wildman–Crippen LogP) is 0.00330. The van der Waals surface area contributed by atoms with Gasteiger partial charge in [-0.15, -0.1) is 23.7 Å². The molecule has 8 aromatic heterocycles. The molecule has 9 aromatic rings. The summed E-state index contributed by atoms with van der Waals surface area (Å²) in [6, 6.07) is 7.87. The number of aliphatic carboxylic acids is 4. The number of anilines is 4. The molecule has 1 saturated carbocycles. The Labute approximate surface area is 789 Å². The molecular weight excluding hydrogens is 1910 g/mol. The first-order valence-corrected chi connectivity index (χ1v) is 42.9. The minimum Gasteiger partial charge on any atom is -0.475 e. The Morgan fingerprint density at radius 2 is 0.730 bits per heavy atom. The summed E-state index contributed by atoms with van der Waals surface area (Å²) in [6.45, 7) is 21.6. The zero-order valence-electron chi connectivity index (χ0n) is 77.3. The van der Waals surface area contributed by atoms with E-state index in [1.54, 1.807) is 77.3 Å². The molecule has 1 aliphatic carbocycles. The van der Waals surface area contributed by atoms with Gasteiger partial charge in [0.15, 0.2) is 50.7 Å². The number of nitrogens with one attached hydrogen (secondary N) is 4. The molecule has 2 unspecified atom stereocenters. The minimum atomic E-state index is -5.08. The Bertz CT molecular complexity index is 6760. The monoisotopic (exact) mass is 2010 g/mol. The summed E-state index contributed by atoms with van der Waals surface area (Å²) in [6.07, 6.45) is -15.4. The van der Waals surface area contributed by atoms with Crippen LogP contribution >= 0.6 is 0 Å². The number of benzene rings is 1. The van der Waals surface area contributed by atoms with Crippen molar-refractivity contribution in [3.63, 3.8) is 0 Å². The van der Waals surface area contributed by atoms with E-state index in [1.807, 2.05) is 20.1 Å². The highest BCUT2D eigenvalue weighted by molar-refractivity contribution is 5.84. The number of ether oxygens (including phenoxy) is 2. The number of rotatable bonds is 16. The van der Waals surface area contributed by atoms with Crippen molar-refractivity contribution in [1.82, 2.24) is 96.0 Å². The smallest absolute Gasteiger partial charge is 0.475 e. The van der Waals surface area contributed by atoms with Crippen LogP contribution in [0.5, 0.6) is 0 Å². The van der Waals surface area contributed by atoms with Gasteiger partial charge in [0.05, 0.1) is 45.9 Å². The third-order valence-corrected chi connectivity index (χ3v) is 21.9. The largest absolute Gasteiger partial charge is 0.490 e. The van der Waals surface area contributed by atoms with Gasteiger partial charge in [-0.05, 0) is 65.4 Å². The molecule has 1 aromatic carbocycles. The third-order valence-electron chi connectivity index (χ3n) is 21.9. The molecule has 5 saturated heterocycles. The van der Waals surface area contributed by atoms with Crippen LogP contribution in [0.1, 0.15) is 77.4 Å². The van der Waals surface area contributed by atoms with Crippen molar-refractivity contribution >= 4 is 104 Å². The van der Waals surface area contributed by atoms with Crippen LogP contribution in [-0.4, -0.2) is 280 Å². The first-order chi connectivity index (χ1) is 66.5. The topological polar surface area (TPSA) is 536 Å². The Morgan fingerprint density at radius 1 is 0.433 bits per heavy atom. The zero-order valence-corrected chi connectivity index (χ0v) is 77.3. The first kappa shape index (κ1) is 111. The van der Waals surface area contributed by atoms with Crippen molar-refractivity contribution in [3.8, 4) is 47.4 Å². The summed E-state index contributed by atoms with van der Waals surface area (Å²) in [4.78, 5) is 191. The number of piperazine rings is 4. The lowest BCUT2D eigenvalue weighted by atomic mass is 9.93. The quantitative estimate of drug-likeness (QED) is 0.0349. The van der Waals surface area contributed by atoms with Gasteiger partial charge < -0.3 is 76.5 Å². The van der Waals surface area contributed by atoms with Crippen molar-refractivity contribution in [2.45, 2.75) is 142 Å². The number of carbonyl (C=O) groups is 6. The second-order valence-electron chi connectivity index (χ2n) is 31.1. The number of hydrogen-bond donors (Lipinski definition) is 9. The average molecular weight is 2010 g/mol. The number of amides is 1. The van der Waals surface area contributed by atoms with Gasteiger partial charge in [-0.25, -0.2) is 43.2 Å². The molecule has 766 valence electrons. The fourth-order valence-electron chi connectivity index (χ4n) is 14.8. The van der Waals surface area contributed by atoms with Crippen molar-refractivity contribution in [2.75, 3.05) is 138 Å². The molecule has 45 nitrogen and oxygen atoms in total. The summed E-state index contributed by atoms with van der Waals surface area (Å²) in [7, 11) is 7.10. The van der Waals surface area contributed by atoms with Crippen LogP contribution in [0.2, 0.25) is 0 Å². The van der Waals surface area contributed by atoms with Gasteiger partial charge in [0, 0.05) is 146 Å². The molecule has 6 aliphatic rings. The number of fused-ring (bicyclic) bond motifs is 4. The van der Waals surface area contributed by atoms with E-state index in [4.69, 9.17) is 69.8 Å². The van der Waals surface area contributed by atoms with E-state index >= 15 is 0 Å². The molecule has 1 amide bonds. The number of methoxy groups -OCH3 is 1. The summed E-state index contributed by atoms with van der Waals surface area (Å²) in [5.41, 5.74) is 4.92. The van der Waals surface area contributed by atoms with Gasteiger partial charge in [0.2, 0.25) is 29.7 Å². The Kier molecular flexibility index (Phi) is 38.7. The predicted molar refractivity (Wildman–Crippen MR) is 483 cm³/mol. The minimum absolute atomic E-state index is 0.0263. The number of nitrogens with two attached hydrogens (primary N) is 1. The molecule has 0 radical (unpaired) electrons. The Balaban J connectivity index is 0.000000211. The Hall–Kier alpha value is -15.0. The molecule has 0 spiro atoms. The third kappa shape index (κ3) is 27.2. The molecule has 0 bridgehead atoms. The Morgan fingerprint density at radius 3 is 1.03 bits per heavy atom. The van der Waals surface area contributed by atoms with Crippen LogP contribution in [0, 0.1) is 47.4 Å². The van der Waals surface area contributed by atoms with E-state index in [-0.39, 0.29) is 76.6 Å².